The Bertz CT molecular complexity index is 487. The number of hydrogen-bond donors (Lipinski definition) is 1. The Balaban J connectivity index is 2.04. The Morgan fingerprint density at radius 3 is 2.86 bits per heavy atom. The van der Waals surface area contributed by atoms with Crippen molar-refractivity contribution in [3.63, 3.8) is 0 Å². The minimum Gasteiger partial charge on any atom is -0.491 e. The van der Waals surface area contributed by atoms with Crippen LogP contribution in [0, 0.1) is 5.92 Å². The van der Waals surface area contributed by atoms with E-state index in [-0.39, 0.29) is 12.0 Å². The number of aliphatic carboxylic acids is 1. The lowest BCUT2D eigenvalue weighted by Gasteiger charge is -2.36. The van der Waals surface area contributed by atoms with Crippen LogP contribution in [0.3, 0.4) is 0 Å². The first kappa shape index (κ1) is 15.8. The molecule has 1 heterocycles. The Kier molecular flexibility index (Phi) is 5.23. The molecule has 1 saturated heterocycles. The third kappa shape index (κ3) is 4.46. The van der Waals surface area contributed by atoms with Crippen molar-refractivity contribution in [2.45, 2.75) is 52.3 Å². The molecule has 0 aliphatic carbocycles. The van der Waals surface area contributed by atoms with Crippen LogP contribution in [0.15, 0.2) is 24.3 Å². The third-order valence-electron chi connectivity index (χ3n) is 4.02. The Labute approximate surface area is 126 Å². The average molecular weight is 291 g/mol. The Morgan fingerprint density at radius 1 is 1.43 bits per heavy atom. The first-order valence-electron chi connectivity index (χ1n) is 7.68. The smallest absolute Gasteiger partial charge is 0.307 e. The van der Waals surface area contributed by atoms with Crippen LogP contribution >= 0.6 is 0 Å². The van der Waals surface area contributed by atoms with E-state index in [1.54, 1.807) is 0 Å². The van der Waals surface area contributed by atoms with Crippen LogP contribution in [-0.2, 0) is 11.3 Å². The molecule has 0 aromatic heterocycles. The molecule has 4 heteroatoms. The fraction of sp³-hybridized carbons (Fsp3) is 0.588. The van der Waals surface area contributed by atoms with E-state index >= 15 is 0 Å². The lowest BCUT2D eigenvalue weighted by molar-refractivity contribution is -0.144. The molecular weight excluding hydrogens is 266 g/mol. The molecule has 1 aromatic carbocycles. The quantitative estimate of drug-likeness (QED) is 0.905. The van der Waals surface area contributed by atoms with E-state index in [4.69, 9.17) is 4.74 Å². The number of nitrogens with zero attached hydrogens (tertiary/aromatic N) is 1. The number of likely N-dealkylation sites (tertiary alicyclic amines) is 1. The van der Waals surface area contributed by atoms with Crippen molar-refractivity contribution >= 4 is 5.97 Å². The number of rotatable bonds is 5. The summed E-state index contributed by atoms with van der Waals surface area (Å²) in [6.07, 6.45) is 1.88. The standard InChI is InChI=1S/C17H25NO3/c1-12(2)21-16-6-4-5-14(9-16)10-18-11-15(17(19)20)8-7-13(18)3/h4-6,9,12-13,15H,7-8,10-11H2,1-3H3,(H,19,20). The van der Waals surface area contributed by atoms with Crippen molar-refractivity contribution in [2.75, 3.05) is 6.54 Å². The minimum absolute atomic E-state index is 0.158. The minimum atomic E-state index is -0.677. The maximum Gasteiger partial charge on any atom is 0.307 e. The highest BCUT2D eigenvalue weighted by atomic mass is 16.5. The van der Waals surface area contributed by atoms with Crippen molar-refractivity contribution in [1.82, 2.24) is 4.90 Å². The molecule has 0 radical (unpaired) electrons. The van der Waals surface area contributed by atoms with Gasteiger partial charge in [0.1, 0.15) is 5.75 Å². The predicted molar refractivity (Wildman–Crippen MR) is 82.4 cm³/mol. The van der Waals surface area contributed by atoms with Crippen molar-refractivity contribution in [1.29, 1.82) is 0 Å². The van der Waals surface area contributed by atoms with Gasteiger partial charge in [-0.1, -0.05) is 12.1 Å². The molecule has 0 amide bonds. The van der Waals surface area contributed by atoms with Crippen molar-refractivity contribution in [2.24, 2.45) is 5.92 Å². The Morgan fingerprint density at radius 2 is 2.19 bits per heavy atom. The van der Waals surface area contributed by atoms with E-state index in [0.29, 0.717) is 12.6 Å². The van der Waals surface area contributed by atoms with Crippen LogP contribution in [0.5, 0.6) is 5.75 Å². The average Bonchev–Trinajstić information content (AvgIpc) is 2.40. The summed E-state index contributed by atoms with van der Waals surface area (Å²) in [5.41, 5.74) is 1.17. The second kappa shape index (κ2) is 6.94. The van der Waals surface area contributed by atoms with Crippen LogP contribution in [0.2, 0.25) is 0 Å². The maximum absolute atomic E-state index is 11.2. The van der Waals surface area contributed by atoms with Gasteiger partial charge in [-0.25, -0.2) is 0 Å². The summed E-state index contributed by atoms with van der Waals surface area (Å²) in [5, 5.41) is 9.20. The van der Waals surface area contributed by atoms with E-state index in [1.165, 1.54) is 5.56 Å². The van der Waals surface area contributed by atoms with E-state index in [1.807, 2.05) is 26.0 Å². The summed E-state index contributed by atoms with van der Waals surface area (Å²) in [4.78, 5) is 13.4. The largest absolute Gasteiger partial charge is 0.491 e. The van der Waals surface area contributed by atoms with E-state index in [9.17, 15) is 9.90 Å². The zero-order chi connectivity index (χ0) is 15.4. The van der Waals surface area contributed by atoms with E-state index in [2.05, 4.69) is 24.0 Å². The Hall–Kier alpha value is -1.55. The number of benzene rings is 1. The number of ether oxygens (including phenoxy) is 1. The number of hydrogen-bond acceptors (Lipinski definition) is 3. The molecular formula is C17H25NO3. The molecule has 4 nitrogen and oxygen atoms in total. The summed E-state index contributed by atoms with van der Waals surface area (Å²) >= 11 is 0. The summed E-state index contributed by atoms with van der Waals surface area (Å²) in [6.45, 7) is 7.60. The zero-order valence-electron chi connectivity index (χ0n) is 13.1. The van der Waals surface area contributed by atoms with Gasteiger partial charge < -0.3 is 9.84 Å². The third-order valence-corrected chi connectivity index (χ3v) is 4.02. The van der Waals surface area contributed by atoms with Crippen molar-refractivity contribution < 1.29 is 14.6 Å². The highest BCUT2D eigenvalue weighted by molar-refractivity contribution is 5.70. The summed E-state index contributed by atoms with van der Waals surface area (Å²) in [6, 6.07) is 8.51. The zero-order valence-corrected chi connectivity index (χ0v) is 13.1. The molecule has 1 aliphatic rings. The molecule has 0 bridgehead atoms. The van der Waals surface area contributed by atoms with Gasteiger partial charge in [0.15, 0.2) is 0 Å². The van der Waals surface area contributed by atoms with Gasteiger partial charge >= 0.3 is 5.97 Å². The van der Waals surface area contributed by atoms with Crippen LogP contribution in [-0.4, -0.2) is 34.7 Å². The SMILES string of the molecule is CC(C)Oc1cccc(CN2CC(C(=O)O)CCC2C)c1. The topological polar surface area (TPSA) is 49.8 Å². The molecule has 2 atom stereocenters. The first-order valence-corrected chi connectivity index (χ1v) is 7.68. The van der Waals surface area contributed by atoms with Gasteiger partial charge in [0.05, 0.1) is 12.0 Å². The molecule has 1 aromatic rings. The maximum atomic E-state index is 11.2. The number of carbonyl (C=O) groups is 1. The van der Waals surface area contributed by atoms with Crippen molar-refractivity contribution in [3.05, 3.63) is 29.8 Å². The highest BCUT2D eigenvalue weighted by Crippen LogP contribution is 2.25. The number of carboxylic acid groups (broad SMARTS) is 1. The molecule has 1 fully saturated rings. The molecule has 2 rings (SSSR count). The van der Waals surface area contributed by atoms with Gasteiger partial charge in [-0.3, -0.25) is 9.69 Å². The molecule has 0 saturated carbocycles. The van der Waals surface area contributed by atoms with Crippen LogP contribution in [0.25, 0.3) is 0 Å². The lowest BCUT2D eigenvalue weighted by atomic mass is 9.93. The second-order valence-corrected chi connectivity index (χ2v) is 6.20. The summed E-state index contributed by atoms with van der Waals surface area (Å²) in [7, 11) is 0. The molecule has 21 heavy (non-hydrogen) atoms. The first-order chi connectivity index (χ1) is 9.95. The second-order valence-electron chi connectivity index (χ2n) is 6.20. The normalized spacial score (nSPS) is 23.2. The molecule has 2 unspecified atom stereocenters. The van der Waals surface area contributed by atoms with Crippen LogP contribution in [0.1, 0.15) is 39.2 Å². The molecule has 1 aliphatic heterocycles. The van der Waals surface area contributed by atoms with Crippen LogP contribution < -0.4 is 4.74 Å². The van der Waals surface area contributed by atoms with E-state index in [0.717, 1.165) is 25.1 Å². The van der Waals surface area contributed by atoms with Gasteiger partial charge in [0.25, 0.3) is 0 Å². The monoisotopic (exact) mass is 291 g/mol. The lowest BCUT2D eigenvalue weighted by Crippen LogP contribution is -2.43. The number of carboxylic acids is 1. The highest BCUT2D eigenvalue weighted by Gasteiger charge is 2.29. The predicted octanol–water partition coefficient (Wildman–Crippen LogP) is 3.16. The van der Waals surface area contributed by atoms with Gasteiger partial charge in [-0.2, -0.15) is 0 Å². The molecule has 116 valence electrons. The fourth-order valence-corrected chi connectivity index (χ4v) is 2.83. The fourth-order valence-electron chi connectivity index (χ4n) is 2.83. The summed E-state index contributed by atoms with van der Waals surface area (Å²) < 4.78 is 5.72. The summed E-state index contributed by atoms with van der Waals surface area (Å²) in [5.74, 6) is -0.0398. The van der Waals surface area contributed by atoms with Crippen LogP contribution in [0.4, 0.5) is 0 Å². The van der Waals surface area contributed by atoms with E-state index < -0.39 is 5.97 Å². The molecule has 1 N–H and O–H groups in total. The van der Waals surface area contributed by atoms with Gasteiger partial charge in [0, 0.05) is 19.1 Å². The van der Waals surface area contributed by atoms with Gasteiger partial charge in [-0.05, 0) is 51.3 Å². The van der Waals surface area contributed by atoms with Gasteiger partial charge in [0.2, 0.25) is 0 Å². The van der Waals surface area contributed by atoms with Gasteiger partial charge in [-0.15, -0.1) is 0 Å². The number of piperidine rings is 1. The molecule has 0 spiro atoms. The van der Waals surface area contributed by atoms with Crippen molar-refractivity contribution in [3.8, 4) is 5.75 Å².